The van der Waals surface area contributed by atoms with Crippen LogP contribution in [0.25, 0.3) is 0 Å². The minimum Gasteiger partial charge on any atom is -0.402 e. The van der Waals surface area contributed by atoms with Crippen molar-refractivity contribution < 1.29 is 4.79 Å². The van der Waals surface area contributed by atoms with E-state index in [9.17, 15) is 4.79 Å². The molecule has 2 N–H and O–H groups in total. The molecule has 2 aromatic carbocycles. The van der Waals surface area contributed by atoms with Crippen LogP contribution in [0.2, 0.25) is 5.04 Å². The molecule has 0 fully saturated rings. The number of benzene rings is 2. The first kappa shape index (κ1) is 17.2. The number of allylic oxidation sites excluding steroid dienone is 2. The highest BCUT2D eigenvalue weighted by Crippen LogP contribution is 2.36. The molecule has 0 amide bonds. The summed E-state index contributed by atoms with van der Waals surface area (Å²) >= 11 is 0. The second-order valence-corrected chi connectivity index (χ2v) is 11.6. The fraction of sp³-hybridized carbons (Fsp3) is 0.250. The summed E-state index contributed by atoms with van der Waals surface area (Å²) in [5, 5.41) is 2.23. The van der Waals surface area contributed by atoms with E-state index in [1.807, 2.05) is 36.4 Å². The Morgan fingerprint density at radius 1 is 0.913 bits per heavy atom. The highest BCUT2D eigenvalue weighted by atomic mass is 28.3. The summed E-state index contributed by atoms with van der Waals surface area (Å²) in [7, 11) is -2.71. The second-order valence-electron chi connectivity index (χ2n) is 6.98. The molecule has 0 spiro atoms. The van der Waals surface area contributed by atoms with Gasteiger partial charge in [-0.1, -0.05) is 81.4 Å². The van der Waals surface area contributed by atoms with Crippen LogP contribution in [0.5, 0.6) is 0 Å². The van der Waals surface area contributed by atoms with Gasteiger partial charge in [-0.3, -0.25) is 4.79 Å². The Morgan fingerprint density at radius 3 is 1.61 bits per heavy atom. The Morgan fingerprint density at radius 2 is 1.30 bits per heavy atom. The van der Waals surface area contributed by atoms with Crippen molar-refractivity contribution in [2.45, 2.75) is 32.7 Å². The van der Waals surface area contributed by atoms with Gasteiger partial charge in [0.25, 0.3) is 0 Å². The van der Waals surface area contributed by atoms with Crippen LogP contribution >= 0.6 is 0 Å². The number of carbonyl (C=O) groups is 1. The van der Waals surface area contributed by atoms with E-state index in [0.29, 0.717) is 5.70 Å². The number of hydrogen-bond donors (Lipinski definition) is 1. The van der Waals surface area contributed by atoms with Crippen molar-refractivity contribution in [1.29, 1.82) is 0 Å². The zero-order valence-electron chi connectivity index (χ0n) is 14.3. The lowest BCUT2D eigenvalue weighted by Gasteiger charge is -2.41. The molecule has 0 heterocycles. The predicted molar refractivity (Wildman–Crippen MR) is 101 cm³/mol. The molecule has 23 heavy (non-hydrogen) atoms. The molecule has 0 aliphatic carbocycles. The number of rotatable bonds is 4. The second kappa shape index (κ2) is 6.55. The molecule has 2 nitrogen and oxygen atoms in total. The van der Waals surface area contributed by atoms with E-state index in [1.54, 1.807) is 13.0 Å². The Labute approximate surface area is 140 Å². The molecule has 2 aromatic rings. The Balaban J connectivity index is 2.86. The van der Waals surface area contributed by atoms with Gasteiger partial charge in [-0.2, -0.15) is 0 Å². The smallest absolute Gasteiger partial charge is 0.204 e. The topological polar surface area (TPSA) is 43.1 Å². The van der Waals surface area contributed by atoms with E-state index in [4.69, 9.17) is 5.73 Å². The Hall–Kier alpha value is -2.13. The van der Waals surface area contributed by atoms with Crippen molar-refractivity contribution in [3.63, 3.8) is 0 Å². The van der Waals surface area contributed by atoms with Gasteiger partial charge in [0, 0.05) is 5.70 Å². The van der Waals surface area contributed by atoms with Gasteiger partial charge in [0.05, 0.1) is 0 Å². The van der Waals surface area contributed by atoms with Crippen molar-refractivity contribution in [2.75, 3.05) is 0 Å². The van der Waals surface area contributed by atoms with Gasteiger partial charge >= 0.3 is 0 Å². The summed E-state index contributed by atoms with van der Waals surface area (Å²) in [5.74, 6) is 0. The van der Waals surface area contributed by atoms with E-state index >= 15 is 0 Å². The van der Waals surface area contributed by atoms with Crippen LogP contribution < -0.4 is 16.1 Å². The van der Waals surface area contributed by atoms with Crippen molar-refractivity contribution in [2.24, 2.45) is 5.73 Å². The summed E-state index contributed by atoms with van der Waals surface area (Å²) in [6.45, 7) is 8.26. The summed E-state index contributed by atoms with van der Waals surface area (Å²) in [5.41, 5.74) is 6.41. The third kappa shape index (κ3) is 3.15. The van der Waals surface area contributed by atoms with Crippen LogP contribution in [0, 0.1) is 0 Å². The van der Waals surface area contributed by atoms with E-state index in [0.717, 1.165) is 10.4 Å². The van der Waals surface area contributed by atoms with Crippen molar-refractivity contribution in [3.8, 4) is 0 Å². The summed E-state index contributed by atoms with van der Waals surface area (Å²) in [4.78, 5) is 13.4. The highest BCUT2D eigenvalue weighted by molar-refractivity contribution is 7.25. The molecule has 0 unspecified atom stereocenters. The monoisotopic (exact) mass is 323 g/mol. The molecule has 120 valence electrons. The van der Waals surface area contributed by atoms with Crippen LogP contribution in [0.3, 0.4) is 0 Å². The van der Waals surface area contributed by atoms with Crippen molar-refractivity contribution >= 4 is 23.9 Å². The Bertz CT molecular complexity index is 656. The summed E-state index contributed by atoms with van der Waals surface area (Å²) in [6, 6.07) is 20.4. The molecule has 0 aliphatic heterocycles. The van der Waals surface area contributed by atoms with Gasteiger partial charge in [-0.05, 0) is 28.4 Å². The third-order valence-electron chi connectivity index (χ3n) is 4.27. The van der Waals surface area contributed by atoms with E-state index in [2.05, 4.69) is 45.0 Å². The molecule has 0 bridgehead atoms. The predicted octanol–water partition coefficient (Wildman–Crippen LogP) is 3.02. The standard InChI is InChI=1S/C20H25NOSi/c1-16(21)15-19(22)23(20(2,3)4,17-11-7-5-8-12-17)18-13-9-6-10-14-18/h5-15H,21H2,1-4H3/b16-15-. The molecule has 0 saturated carbocycles. The molecule has 0 atom stereocenters. The average Bonchev–Trinajstić information content (AvgIpc) is 2.48. The molecule has 3 heteroatoms. The van der Waals surface area contributed by atoms with Crippen LogP contribution in [0.15, 0.2) is 72.4 Å². The lowest BCUT2D eigenvalue weighted by molar-refractivity contribution is -0.108. The van der Waals surface area contributed by atoms with Crippen molar-refractivity contribution in [3.05, 3.63) is 72.4 Å². The Kier molecular flexibility index (Phi) is 4.90. The minimum absolute atomic E-state index is 0.155. The molecule has 2 rings (SSSR count). The number of carbonyl (C=O) groups excluding carboxylic acids is 1. The summed E-state index contributed by atoms with van der Waals surface area (Å²) < 4.78 is 0. The van der Waals surface area contributed by atoms with Crippen molar-refractivity contribution in [1.82, 2.24) is 0 Å². The third-order valence-corrected chi connectivity index (χ3v) is 9.80. The average molecular weight is 324 g/mol. The first-order chi connectivity index (χ1) is 10.8. The lowest BCUT2D eigenvalue weighted by Crippen LogP contribution is -2.69. The quantitative estimate of drug-likeness (QED) is 0.694. The van der Waals surface area contributed by atoms with Gasteiger partial charge in [0.15, 0.2) is 0 Å². The molecule has 0 radical (unpaired) electrons. The van der Waals surface area contributed by atoms with Gasteiger partial charge < -0.3 is 5.73 Å². The first-order valence-electron chi connectivity index (χ1n) is 7.89. The normalized spacial score (nSPS) is 13.0. The zero-order valence-corrected chi connectivity index (χ0v) is 15.3. The van der Waals surface area contributed by atoms with Crippen LogP contribution in [-0.2, 0) is 4.79 Å². The van der Waals surface area contributed by atoms with Gasteiger partial charge in [-0.25, -0.2) is 0 Å². The maximum absolute atomic E-state index is 13.4. The van der Waals surface area contributed by atoms with E-state index in [1.165, 1.54) is 0 Å². The van der Waals surface area contributed by atoms with Crippen LogP contribution in [0.4, 0.5) is 0 Å². The van der Waals surface area contributed by atoms with E-state index in [-0.39, 0.29) is 10.4 Å². The maximum atomic E-state index is 13.4. The first-order valence-corrected chi connectivity index (χ1v) is 9.89. The van der Waals surface area contributed by atoms with Crippen LogP contribution in [-0.4, -0.2) is 13.5 Å². The fourth-order valence-electron chi connectivity index (χ4n) is 3.38. The zero-order chi connectivity index (χ0) is 17.1. The van der Waals surface area contributed by atoms with Gasteiger partial charge in [0.2, 0.25) is 8.07 Å². The molecule has 0 aromatic heterocycles. The van der Waals surface area contributed by atoms with Crippen LogP contribution in [0.1, 0.15) is 27.7 Å². The highest BCUT2D eigenvalue weighted by Gasteiger charge is 2.52. The number of hydrogen-bond acceptors (Lipinski definition) is 2. The molecular weight excluding hydrogens is 298 g/mol. The largest absolute Gasteiger partial charge is 0.402 e. The molecule has 0 aliphatic rings. The fourth-order valence-corrected chi connectivity index (χ4v) is 8.58. The van der Waals surface area contributed by atoms with Gasteiger partial charge in [-0.15, -0.1) is 0 Å². The molecule has 0 saturated heterocycles. The lowest BCUT2D eigenvalue weighted by atomic mass is 10.2. The molecular formula is C20H25NOSi. The SMILES string of the molecule is C/C(N)=C/C(=O)[Si](c1ccccc1)(c1ccccc1)C(C)(C)C. The number of nitrogens with two attached hydrogens (primary N) is 1. The minimum atomic E-state index is -2.71. The van der Waals surface area contributed by atoms with E-state index < -0.39 is 8.07 Å². The van der Waals surface area contributed by atoms with Gasteiger partial charge in [0.1, 0.15) is 5.41 Å². The summed E-state index contributed by atoms with van der Waals surface area (Å²) in [6.07, 6.45) is 1.62. The maximum Gasteiger partial charge on any atom is 0.204 e.